The first-order valence-corrected chi connectivity index (χ1v) is 13.2. The lowest BCUT2D eigenvalue weighted by Crippen LogP contribution is -2.46. The summed E-state index contributed by atoms with van der Waals surface area (Å²) in [7, 11) is 0. The first-order chi connectivity index (χ1) is 19.5. The molecule has 198 valence electrons. The van der Waals surface area contributed by atoms with Gasteiger partial charge in [0.2, 0.25) is 11.8 Å². The molecular formula is C33H27N3O4. The number of carbonyl (C=O) groups is 3. The molecule has 0 aliphatic carbocycles. The topological polar surface area (TPSA) is 83.7 Å². The number of hydrogen-bond donors (Lipinski definition) is 0. The van der Waals surface area contributed by atoms with Gasteiger partial charge in [0.05, 0.1) is 12.1 Å². The van der Waals surface area contributed by atoms with Crippen molar-refractivity contribution in [3.05, 3.63) is 120 Å². The summed E-state index contributed by atoms with van der Waals surface area (Å²) in [6.45, 7) is 2.26. The molecule has 1 aromatic heterocycles. The first-order valence-electron chi connectivity index (χ1n) is 13.2. The van der Waals surface area contributed by atoms with E-state index in [1.165, 1.54) is 4.90 Å². The van der Waals surface area contributed by atoms with Gasteiger partial charge < -0.3 is 9.32 Å². The van der Waals surface area contributed by atoms with Gasteiger partial charge in [-0.15, -0.1) is 0 Å². The van der Waals surface area contributed by atoms with Crippen molar-refractivity contribution in [3.8, 4) is 11.5 Å². The second kappa shape index (κ2) is 10.6. The summed E-state index contributed by atoms with van der Waals surface area (Å²) in [6.07, 6.45) is 0.494. The van der Waals surface area contributed by atoms with Gasteiger partial charge in [0.15, 0.2) is 5.58 Å². The monoisotopic (exact) mass is 529 g/mol. The summed E-state index contributed by atoms with van der Waals surface area (Å²) < 4.78 is 5.85. The number of nitrogens with zero attached hydrogens (tertiary/aromatic N) is 3. The van der Waals surface area contributed by atoms with Gasteiger partial charge in [-0.05, 0) is 67.4 Å². The van der Waals surface area contributed by atoms with Crippen LogP contribution >= 0.6 is 0 Å². The zero-order valence-corrected chi connectivity index (χ0v) is 22.0. The minimum atomic E-state index is -0.887. The summed E-state index contributed by atoms with van der Waals surface area (Å²) in [4.78, 5) is 47.8. The van der Waals surface area contributed by atoms with Crippen LogP contribution in [-0.4, -0.2) is 40.2 Å². The highest BCUT2D eigenvalue weighted by atomic mass is 16.3. The van der Waals surface area contributed by atoms with Crippen molar-refractivity contribution in [2.75, 3.05) is 11.4 Å². The molecule has 6 rings (SSSR count). The van der Waals surface area contributed by atoms with Gasteiger partial charge in [0, 0.05) is 17.7 Å². The number of aryl methyl sites for hydroxylation is 1. The summed E-state index contributed by atoms with van der Waals surface area (Å²) in [5, 5.41) is 0. The van der Waals surface area contributed by atoms with E-state index in [1.807, 2.05) is 73.7 Å². The van der Waals surface area contributed by atoms with Crippen LogP contribution in [0.15, 0.2) is 108 Å². The van der Waals surface area contributed by atoms with Crippen LogP contribution in [0.5, 0.6) is 0 Å². The molecule has 1 atom stereocenters. The summed E-state index contributed by atoms with van der Waals surface area (Å²) in [5.41, 5.74) is 5.18. The van der Waals surface area contributed by atoms with E-state index in [2.05, 4.69) is 4.98 Å². The standard InChI is InChI=1S/C33H27N3O4/c1-22-11-13-25(14-12-22)32(38)35(20-19-23-7-3-2-4-8-23)28-21-30(37)36(33(28)39)26-17-15-24(16-18-26)31-34-27-9-5-6-10-29(27)40-31/h2-18,28H,19-21H2,1H3. The average molecular weight is 530 g/mol. The molecular weight excluding hydrogens is 502 g/mol. The lowest BCUT2D eigenvalue weighted by atomic mass is 10.1. The van der Waals surface area contributed by atoms with Crippen LogP contribution in [0.25, 0.3) is 22.6 Å². The molecule has 0 saturated carbocycles. The molecule has 5 aromatic rings. The maximum Gasteiger partial charge on any atom is 0.257 e. The predicted molar refractivity (Wildman–Crippen MR) is 153 cm³/mol. The van der Waals surface area contributed by atoms with Crippen molar-refractivity contribution in [3.63, 3.8) is 0 Å². The lowest BCUT2D eigenvalue weighted by Gasteiger charge is -2.28. The largest absolute Gasteiger partial charge is 0.436 e. The molecule has 40 heavy (non-hydrogen) atoms. The fourth-order valence-electron chi connectivity index (χ4n) is 5.03. The maximum absolute atomic E-state index is 13.7. The zero-order chi connectivity index (χ0) is 27.6. The molecule has 0 N–H and O–H groups in total. The number of hydrogen-bond acceptors (Lipinski definition) is 5. The Morgan fingerprint density at radius 1 is 0.900 bits per heavy atom. The van der Waals surface area contributed by atoms with Gasteiger partial charge >= 0.3 is 0 Å². The van der Waals surface area contributed by atoms with E-state index in [1.54, 1.807) is 41.3 Å². The van der Waals surface area contributed by atoms with Gasteiger partial charge in [-0.3, -0.25) is 14.4 Å². The number of anilines is 1. The predicted octanol–water partition coefficient (Wildman–Crippen LogP) is 5.82. The van der Waals surface area contributed by atoms with E-state index in [-0.39, 0.29) is 18.2 Å². The molecule has 7 heteroatoms. The third-order valence-corrected chi connectivity index (χ3v) is 7.21. The number of benzene rings is 4. The molecule has 7 nitrogen and oxygen atoms in total. The van der Waals surface area contributed by atoms with E-state index >= 15 is 0 Å². The number of imide groups is 1. The highest BCUT2D eigenvalue weighted by Gasteiger charge is 2.44. The molecule has 1 fully saturated rings. The molecule has 0 spiro atoms. The molecule has 0 bridgehead atoms. The van der Waals surface area contributed by atoms with Crippen LogP contribution in [0.2, 0.25) is 0 Å². The van der Waals surface area contributed by atoms with E-state index in [4.69, 9.17) is 4.42 Å². The number of aromatic nitrogens is 1. The molecule has 1 aliphatic rings. The number of amides is 3. The van der Waals surface area contributed by atoms with Gasteiger partial charge in [-0.1, -0.05) is 60.2 Å². The number of rotatable bonds is 7. The van der Waals surface area contributed by atoms with Crippen molar-refractivity contribution in [1.82, 2.24) is 9.88 Å². The highest BCUT2D eigenvalue weighted by molar-refractivity contribution is 6.23. The molecule has 3 amide bonds. The SMILES string of the molecule is Cc1ccc(C(=O)N(CCc2ccccc2)C2CC(=O)N(c3ccc(-c4nc5ccccc5o4)cc3)C2=O)cc1. The third-order valence-electron chi connectivity index (χ3n) is 7.21. The van der Waals surface area contributed by atoms with E-state index in [0.717, 1.165) is 22.2 Å². The van der Waals surface area contributed by atoms with Gasteiger partial charge in [0.25, 0.3) is 11.8 Å². The number of oxazole rings is 1. The second-order valence-electron chi connectivity index (χ2n) is 9.92. The minimum absolute atomic E-state index is 0.0713. The van der Waals surface area contributed by atoms with Crippen LogP contribution in [0, 0.1) is 6.92 Å². The second-order valence-corrected chi connectivity index (χ2v) is 9.92. The summed E-state index contributed by atoms with van der Waals surface area (Å²) in [6, 6.07) is 30.6. The zero-order valence-electron chi connectivity index (χ0n) is 22.0. The minimum Gasteiger partial charge on any atom is -0.436 e. The quantitative estimate of drug-likeness (QED) is 0.248. The highest BCUT2D eigenvalue weighted by Crippen LogP contribution is 2.30. The lowest BCUT2D eigenvalue weighted by molar-refractivity contribution is -0.122. The van der Waals surface area contributed by atoms with Gasteiger partial charge in [0.1, 0.15) is 11.6 Å². The Morgan fingerprint density at radius 2 is 1.60 bits per heavy atom. The van der Waals surface area contributed by atoms with Crippen LogP contribution in [-0.2, 0) is 16.0 Å². The van der Waals surface area contributed by atoms with Crippen LogP contribution in [0.4, 0.5) is 5.69 Å². The van der Waals surface area contributed by atoms with Gasteiger partial charge in [-0.25, -0.2) is 9.88 Å². The first kappa shape index (κ1) is 25.2. The van der Waals surface area contributed by atoms with E-state index < -0.39 is 11.9 Å². The summed E-state index contributed by atoms with van der Waals surface area (Å²) >= 11 is 0. The van der Waals surface area contributed by atoms with Crippen LogP contribution in [0.3, 0.4) is 0 Å². The Morgan fingerprint density at radius 3 is 2.33 bits per heavy atom. The fraction of sp³-hybridized carbons (Fsp3) is 0.152. The maximum atomic E-state index is 13.7. The normalized spacial score (nSPS) is 15.1. The van der Waals surface area contributed by atoms with Crippen LogP contribution < -0.4 is 4.90 Å². The van der Waals surface area contributed by atoms with E-state index in [0.29, 0.717) is 35.7 Å². The fourth-order valence-corrected chi connectivity index (χ4v) is 5.03. The smallest absolute Gasteiger partial charge is 0.257 e. The van der Waals surface area contributed by atoms with Crippen molar-refractivity contribution >= 4 is 34.5 Å². The number of carbonyl (C=O) groups excluding carboxylic acids is 3. The van der Waals surface area contributed by atoms with Crippen molar-refractivity contribution in [2.24, 2.45) is 0 Å². The molecule has 1 saturated heterocycles. The number of fused-ring (bicyclic) bond motifs is 1. The van der Waals surface area contributed by atoms with E-state index in [9.17, 15) is 14.4 Å². The van der Waals surface area contributed by atoms with Crippen LogP contribution in [0.1, 0.15) is 27.9 Å². The van der Waals surface area contributed by atoms with Crippen molar-refractivity contribution in [1.29, 1.82) is 0 Å². The molecule has 4 aromatic carbocycles. The number of para-hydroxylation sites is 2. The van der Waals surface area contributed by atoms with Crippen molar-refractivity contribution in [2.45, 2.75) is 25.8 Å². The Hall–Kier alpha value is -5.04. The molecule has 1 unspecified atom stereocenters. The molecule has 1 aliphatic heterocycles. The Balaban J connectivity index is 1.26. The Labute approximate surface area is 231 Å². The molecule has 0 radical (unpaired) electrons. The Kier molecular flexibility index (Phi) is 6.70. The average Bonchev–Trinajstić information content (AvgIpc) is 3.54. The summed E-state index contributed by atoms with van der Waals surface area (Å²) in [5.74, 6) is -0.560. The Bertz CT molecular complexity index is 1660. The molecule has 2 heterocycles. The van der Waals surface area contributed by atoms with Gasteiger partial charge in [-0.2, -0.15) is 0 Å². The third kappa shape index (κ3) is 4.89. The van der Waals surface area contributed by atoms with Crippen molar-refractivity contribution < 1.29 is 18.8 Å².